The first kappa shape index (κ1) is 31.1. The van der Waals surface area contributed by atoms with Crippen molar-refractivity contribution in [1.29, 1.82) is 0 Å². The quantitative estimate of drug-likeness (QED) is 0.354. The summed E-state index contributed by atoms with van der Waals surface area (Å²) >= 11 is 1.97. The third kappa shape index (κ3) is 5.38. The molecule has 11 unspecified atom stereocenters. The maximum atomic E-state index is 16.5. The van der Waals surface area contributed by atoms with Gasteiger partial charge in [-0.2, -0.15) is 11.8 Å². The van der Waals surface area contributed by atoms with Crippen molar-refractivity contribution in [3.8, 4) is 0 Å². The average molecular weight is 636 g/mol. The van der Waals surface area contributed by atoms with Gasteiger partial charge in [-0.15, -0.1) is 0 Å². The number of thioether (sulfide) groups is 1. The Kier molecular flexibility index (Phi) is 8.69. The van der Waals surface area contributed by atoms with E-state index in [1.54, 1.807) is 0 Å². The van der Waals surface area contributed by atoms with Gasteiger partial charge in [-0.05, 0) is 69.4 Å². The van der Waals surface area contributed by atoms with Crippen LogP contribution >= 0.6 is 11.8 Å². The summed E-state index contributed by atoms with van der Waals surface area (Å²) < 4.78 is 32.3. The summed E-state index contributed by atoms with van der Waals surface area (Å²) in [5, 5.41) is 14.7. The van der Waals surface area contributed by atoms with Gasteiger partial charge in [0.25, 0.3) is 0 Å². The first-order chi connectivity index (χ1) is 21.2. The number of likely N-dealkylation sites (tertiary alicyclic amines) is 2. The number of urea groups is 1. The van der Waals surface area contributed by atoms with Crippen molar-refractivity contribution >= 4 is 23.7 Å². The van der Waals surface area contributed by atoms with Crippen LogP contribution in [0, 0.1) is 23.2 Å². The molecule has 12 heteroatoms. The number of amides is 3. The zero-order valence-electron chi connectivity index (χ0n) is 26.2. The predicted molar refractivity (Wildman–Crippen MR) is 169 cm³/mol. The van der Waals surface area contributed by atoms with Gasteiger partial charge in [-0.25, -0.2) is 13.6 Å². The fraction of sp³-hybridized carbons (Fsp3) is 0.875. The third-order valence-corrected chi connectivity index (χ3v) is 13.3. The van der Waals surface area contributed by atoms with Crippen molar-refractivity contribution in [3.05, 3.63) is 12.7 Å². The van der Waals surface area contributed by atoms with E-state index < -0.39 is 24.3 Å². The molecule has 0 aromatic carbocycles. The molecule has 4 N–H and O–H groups in total. The topological polar surface area (TPSA) is 92.0 Å². The molecule has 6 saturated heterocycles. The van der Waals surface area contributed by atoms with E-state index in [0.717, 1.165) is 57.6 Å². The van der Waals surface area contributed by atoms with E-state index in [9.17, 15) is 9.59 Å². The van der Waals surface area contributed by atoms with Crippen LogP contribution in [0.4, 0.5) is 13.6 Å². The molecule has 1 saturated carbocycles. The summed E-state index contributed by atoms with van der Waals surface area (Å²) in [7, 11) is 0. The van der Waals surface area contributed by atoms with Gasteiger partial charge in [0, 0.05) is 66.8 Å². The van der Waals surface area contributed by atoms with E-state index in [2.05, 4.69) is 46.6 Å². The number of piperidine rings is 2. The molecular formula is C32H51F2N7O2S. The Balaban J connectivity index is 1.21. The second kappa shape index (κ2) is 12.3. The van der Waals surface area contributed by atoms with Crippen molar-refractivity contribution in [1.82, 2.24) is 36.0 Å². The minimum absolute atomic E-state index is 0.0330. The van der Waals surface area contributed by atoms with E-state index in [1.807, 2.05) is 21.6 Å². The van der Waals surface area contributed by atoms with Gasteiger partial charge < -0.3 is 25.8 Å². The molecule has 11 atom stereocenters. The molecule has 246 valence electrons. The van der Waals surface area contributed by atoms with E-state index in [4.69, 9.17) is 0 Å². The fourth-order valence-corrected chi connectivity index (χ4v) is 11.2. The van der Waals surface area contributed by atoms with Crippen LogP contribution in [-0.4, -0.2) is 126 Å². The maximum Gasteiger partial charge on any atom is 0.320 e. The largest absolute Gasteiger partial charge is 0.338 e. The standard InChI is InChI=1S/C32H51F2N7O2S/c1-4-24(42)39-14-32(15-39)16-40(17-32)29-19-13-21(34)27-25-20(33)7-5-8-22(25)35-10-6-12-44-23-9-11-36-26(18(2)3)28(23)41(30(19)37-27)31(43)38-29/h4,18-23,25-30,35-37H,1,5-17H2,2-3H3,(H,38,43). The number of hydrogen-bond donors (Lipinski definition) is 4. The first-order valence-electron chi connectivity index (χ1n) is 17.1. The number of nitrogens with one attached hydrogen (secondary N) is 4. The lowest BCUT2D eigenvalue weighted by molar-refractivity contribution is -0.171. The summed E-state index contributed by atoms with van der Waals surface area (Å²) in [4.78, 5) is 32.6. The number of fused-ring (bicyclic) bond motifs is 5. The molecule has 44 heavy (non-hydrogen) atoms. The van der Waals surface area contributed by atoms with Crippen LogP contribution in [0.3, 0.4) is 0 Å². The molecule has 6 aliphatic heterocycles. The molecule has 3 amide bonds. The molecule has 1 spiro atoms. The molecule has 7 fully saturated rings. The lowest BCUT2D eigenvalue weighted by Crippen LogP contribution is -2.82. The molecule has 0 aromatic rings. The highest BCUT2D eigenvalue weighted by Crippen LogP contribution is 2.46. The van der Waals surface area contributed by atoms with Crippen molar-refractivity contribution < 1.29 is 18.4 Å². The highest BCUT2D eigenvalue weighted by atomic mass is 32.2. The van der Waals surface area contributed by atoms with Crippen LogP contribution in [0.25, 0.3) is 0 Å². The Morgan fingerprint density at radius 2 is 1.84 bits per heavy atom. The molecule has 0 radical (unpaired) electrons. The zero-order chi connectivity index (χ0) is 30.7. The molecule has 7 aliphatic rings. The fourth-order valence-electron chi connectivity index (χ4n) is 9.84. The van der Waals surface area contributed by atoms with E-state index in [-0.39, 0.29) is 65.4 Å². The van der Waals surface area contributed by atoms with Crippen molar-refractivity contribution in [2.45, 2.75) is 106 Å². The van der Waals surface area contributed by atoms with Crippen LogP contribution in [0.2, 0.25) is 0 Å². The van der Waals surface area contributed by atoms with Gasteiger partial charge in [0.2, 0.25) is 5.91 Å². The van der Waals surface area contributed by atoms with Crippen molar-refractivity contribution in [2.75, 3.05) is 45.0 Å². The van der Waals surface area contributed by atoms with Crippen LogP contribution in [0.1, 0.15) is 52.4 Å². The Morgan fingerprint density at radius 3 is 2.59 bits per heavy atom. The average Bonchev–Trinajstić information content (AvgIpc) is 2.96. The second-order valence-electron chi connectivity index (χ2n) is 15.0. The van der Waals surface area contributed by atoms with Crippen LogP contribution < -0.4 is 21.3 Å². The normalized spacial score (nSPS) is 44.1. The summed E-state index contributed by atoms with van der Waals surface area (Å²) in [5.41, 5.74) is 0.0330. The minimum atomic E-state index is -1.21. The molecule has 0 aromatic heterocycles. The maximum absolute atomic E-state index is 16.5. The number of carbonyl (C=O) groups is 2. The zero-order valence-corrected chi connectivity index (χ0v) is 27.0. The summed E-state index contributed by atoms with van der Waals surface area (Å²) in [6.45, 7) is 12.7. The predicted octanol–water partition coefficient (Wildman–Crippen LogP) is 2.30. The van der Waals surface area contributed by atoms with Gasteiger partial charge in [0.15, 0.2) is 0 Å². The highest BCUT2D eigenvalue weighted by molar-refractivity contribution is 7.99. The molecule has 9 nitrogen and oxygen atoms in total. The number of nitrogens with zero attached hydrogens (tertiary/aromatic N) is 3. The Morgan fingerprint density at radius 1 is 1.05 bits per heavy atom. The van der Waals surface area contributed by atoms with Crippen LogP contribution in [0.5, 0.6) is 0 Å². The van der Waals surface area contributed by atoms with Gasteiger partial charge in [-0.1, -0.05) is 20.4 Å². The van der Waals surface area contributed by atoms with Gasteiger partial charge >= 0.3 is 6.03 Å². The van der Waals surface area contributed by atoms with Gasteiger partial charge in [-0.3, -0.25) is 15.0 Å². The molecule has 6 heterocycles. The second-order valence-corrected chi connectivity index (χ2v) is 16.4. The summed E-state index contributed by atoms with van der Waals surface area (Å²) in [6, 6.07) is -0.764. The van der Waals surface area contributed by atoms with Crippen LogP contribution in [0.15, 0.2) is 12.7 Å². The van der Waals surface area contributed by atoms with Gasteiger partial charge in [0.1, 0.15) is 12.3 Å². The number of hydrogen-bond acceptors (Lipinski definition) is 7. The van der Waals surface area contributed by atoms with Crippen molar-refractivity contribution in [2.24, 2.45) is 23.2 Å². The monoisotopic (exact) mass is 635 g/mol. The first-order valence-corrected chi connectivity index (χ1v) is 18.1. The summed E-state index contributed by atoms with van der Waals surface area (Å²) in [6.07, 6.45) is 2.76. The number of halogens is 2. The SMILES string of the molecule is C=CC(=O)N1CC2(C1)CN(C1NC(=O)N3C4NC(C(F)CC14)C1C(F)CCCC1NCCCSC1CCNC(C(C)C)C13)C2. The summed E-state index contributed by atoms with van der Waals surface area (Å²) in [5.74, 6) is 0.602. The highest BCUT2D eigenvalue weighted by Gasteiger charge is 2.61. The Bertz CT molecular complexity index is 1100. The molecule has 7 rings (SSSR count). The number of alkyl halides is 2. The Hall–Kier alpha value is -1.47. The number of carbonyl (C=O) groups excluding carboxylic acids is 2. The molecule has 2 bridgehead atoms. The minimum Gasteiger partial charge on any atom is -0.338 e. The smallest absolute Gasteiger partial charge is 0.320 e. The van der Waals surface area contributed by atoms with E-state index in [1.165, 1.54) is 6.08 Å². The third-order valence-electron chi connectivity index (χ3n) is 11.8. The lowest BCUT2D eigenvalue weighted by Gasteiger charge is -2.65. The molecule has 1 aliphatic carbocycles. The lowest BCUT2D eigenvalue weighted by atomic mass is 9.70. The van der Waals surface area contributed by atoms with E-state index >= 15 is 8.78 Å². The van der Waals surface area contributed by atoms with Crippen molar-refractivity contribution in [3.63, 3.8) is 0 Å². The number of rotatable bonds is 3. The van der Waals surface area contributed by atoms with E-state index in [0.29, 0.717) is 25.4 Å². The molecular weight excluding hydrogens is 584 g/mol. The van der Waals surface area contributed by atoms with Gasteiger partial charge in [0.05, 0.1) is 18.4 Å². The Labute approximate surface area is 265 Å². The van der Waals surface area contributed by atoms with Crippen LogP contribution in [-0.2, 0) is 4.79 Å².